The number of ether oxygens (including phenoxy) is 1. The van der Waals surface area contributed by atoms with E-state index in [1.54, 1.807) is 18.1 Å². The smallest absolute Gasteiger partial charge is 0.227 e. The molecule has 1 saturated heterocycles. The molecule has 6 nitrogen and oxygen atoms in total. The van der Waals surface area contributed by atoms with E-state index in [9.17, 15) is 9.59 Å². The van der Waals surface area contributed by atoms with Gasteiger partial charge in [0.2, 0.25) is 11.8 Å². The largest absolute Gasteiger partial charge is 0.495 e. The van der Waals surface area contributed by atoms with Crippen LogP contribution in [0, 0.1) is 11.8 Å². The van der Waals surface area contributed by atoms with Crippen LogP contribution in [0.5, 0.6) is 5.75 Å². The molecule has 2 aliphatic rings. The number of nitrogens with zero attached hydrogens (tertiary/aromatic N) is 1. The number of benzene rings is 1. The number of methoxy groups -OCH3 is 1. The maximum absolute atomic E-state index is 12.6. The van der Waals surface area contributed by atoms with Crippen molar-refractivity contribution in [1.29, 1.82) is 0 Å². The van der Waals surface area contributed by atoms with E-state index in [0.717, 1.165) is 31.4 Å². The van der Waals surface area contributed by atoms with Gasteiger partial charge >= 0.3 is 0 Å². The molecule has 3 rings (SSSR count). The predicted molar refractivity (Wildman–Crippen MR) is 93.1 cm³/mol. The first kappa shape index (κ1) is 16.8. The Labute approximate surface area is 142 Å². The summed E-state index contributed by atoms with van der Waals surface area (Å²) in [7, 11) is 1.59. The highest BCUT2D eigenvalue weighted by Crippen LogP contribution is 2.35. The Morgan fingerprint density at radius 1 is 1.38 bits per heavy atom. The lowest BCUT2D eigenvalue weighted by Gasteiger charge is -2.21. The van der Waals surface area contributed by atoms with E-state index < -0.39 is 0 Å². The number of hydrogen-bond donors (Lipinski definition) is 2. The third-order valence-corrected chi connectivity index (χ3v) is 5.11. The van der Waals surface area contributed by atoms with Crippen LogP contribution in [0.1, 0.15) is 32.1 Å². The number of carbonyl (C=O) groups excluding carboxylic acids is 2. The molecule has 1 heterocycles. The van der Waals surface area contributed by atoms with Crippen molar-refractivity contribution in [2.24, 2.45) is 17.6 Å². The predicted octanol–water partition coefficient (Wildman–Crippen LogP) is 2.14. The average Bonchev–Trinajstić information content (AvgIpc) is 3.23. The van der Waals surface area contributed by atoms with E-state index >= 15 is 0 Å². The van der Waals surface area contributed by atoms with Crippen molar-refractivity contribution in [2.75, 3.05) is 30.4 Å². The van der Waals surface area contributed by atoms with Gasteiger partial charge in [0.15, 0.2) is 0 Å². The Hall–Kier alpha value is -2.08. The van der Waals surface area contributed by atoms with Crippen LogP contribution in [0.15, 0.2) is 18.2 Å². The zero-order chi connectivity index (χ0) is 17.1. The van der Waals surface area contributed by atoms with Crippen LogP contribution in [0.25, 0.3) is 0 Å². The summed E-state index contributed by atoms with van der Waals surface area (Å²) in [6.45, 7) is 1.23. The Kier molecular flexibility index (Phi) is 5.04. The third-order valence-electron chi connectivity index (χ3n) is 5.11. The minimum atomic E-state index is -0.0195. The number of nitrogens with two attached hydrogens (primary N) is 1. The van der Waals surface area contributed by atoms with E-state index in [4.69, 9.17) is 10.5 Å². The fraction of sp³-hybridized carbons (Fsp3) is 0.556. The minimum Gasteiger partial charge on any atom is -0.495 e. The molecule has 1 aliphatic carbocycles. The summed E-state index contributed by atoms with van der Waals surface area (Å²) in [4.78, 5) is 26.3. The van der Waals surface area contributed by atoms with Crippen LogP contribution in [-0.2, 0) is 9.59 Å². The summed E-state index contributed by atoms with van der Waals surface area (Å²) >= 11 is 0. The molecule has 2 fully saturated rings. The first-order valence-corrected chi connectivity index (χ1v) is 8.63. The summed E-state index contributed by atoms with van der Waals surface area (Å²) in [6, 6.07) is 5.44. The summed E-state index contributed by atoms with van der Waals surface area (Å²) in [5.41, 5.74) is 7.19. The normalized spacial score (nSPS) is 23.6. The van der Waals surface area contributed by atoms with Gasteiger partial charge < -0.3 is 20.7 Å². The van der Waals surface area contributed by atoms with Crippen LogP contribution in [-0.4, -0.2) is 32.0 Å². The minimum absolute atomic E-state index is 0.0195. The fourth-order valence-corrected chi connectivity index (χ4v) is 3.78. The lowest BCUT2D eigenvalue weighted by Crippen LogP contribution is -2.30. The number of rotatable bonds is 5. The van der Waals surface area contributed by atoms with Gasteiger partial charge in [-0.15, -0.1) is 0 Å². The quantitative estimate of drug-likeness (QED) is 0.866. The summed E-state index contributed by atoms with van der Waals surface area (Å²) in [6.07, 6.45) is 4.36. The van der Waals surface area contributed by atoms with Gasteiger partial charge in [-0.3, -0.25) is 9.59 Å². The fourth-order valence-electron chi connectivity index (χ4n) is 3.78. The molecule has 6 heteroatoms. The molecule has 1 aliphatic heterocycles. The second kappa shape index (κ2) is 7.21. The lowest BCUT2D eigenvalue weighted by atomic mass is 9.95. The molecule has 1 aromatic rings. The molecule has 1 saturated carbocycles. The van der Waals surface area contributed by atoms with E-state index in [-0.39, 0.29) is 23.7 Å². The number of amides is 2. The Bertz CT molecular complexity index is 632. The van der Waals surface area contributed by atoms with Gasteiger partial charge in [-0.2, -0.15) is 0 Å². The van der Waals surface area contributed by atoms with Crippen LogP contribution >= 0.6 is 0 Å². The van der Waals surface area contributed by atoms with Gasteiger partial charge in [0.25, 0.3) is 0 Å². The summed E-state index contributed by atoms with van der Waals surface area (Å²) in [5, 5.41) is 2.99. The molecule has 0 spiro atoms. The van der Waals surface area contributed by atoms with Gasteiger partial charge in [-0.05, 0) is 49.9 Å². The molecule has 0 bridgehead atoms. The molecule has 0 unspecified atom stereocenters. The standard InChI is InChI=1S/C18H25N3O3/c1-24-16-8-7-13(10-15(16)21-9-3-6-17(21)22)20-18(23)14-5-2-4-12(14)11-19/h7-8,10,12,14H,2-6,9,11,19H2,1H3,(H,20,23)/t12-,14-/m1/s1. The first-order chi connectivity index (χ1) is 11.6. The van der Waals surface area contributed by atoms with Gasteiger partial charge in [0.1, 0.15) is 5.75 Å². The molecule has 2 amide bonds. The molecule has 2 atom stereocenters. The van der Waals surface area contributed by atoms with Crippen LogP contribution in [0.2, 0.25) is 0 Å². The number of carbonyl (C=O) groups is 2. The van der Waals surface area contributed by atoms with Crippen molar-refractivity contribution >= 4 is 23.2 Å². The zero-order valence-electron chi connectivity index (χ0n) is 14.1. The zero-order valence-corrected chi connectivity index (χ0v) is 14.1. The van der Waals surface area contributed by atoms with Crippen molar-refractivity contribution < 1.29 is 14.3 Å². The molecular formula is C18H25N3O3. The second-order valence-electron chi connectivity index (χ2n) is 6.56. The van der Waals surface area contributed by atoms with Crippen LogP contribution in [0.3, 0.4) is 0 Å². The van der Waals surface area contributed by atoms with Gasteiger partial charge in [0.05, 0.1) is 12.8 Å². The number of nitrogens with one attached hydrogen (secondary N) is 1. The van der Waals surface area contributed by atoms with E-state index in [2.05, 4.69) is 5.32 Å². The van der Waals surface area contributed by atoms with E-state index in [0.29, 0.717) is 30.9 Å². The molecule has 3 N–H and O–H groups in total. The second-order valence-corrected chi connectivity index (χ2v) is 6.56. The highest BCUT2D eigenvalue weighted by atomic mass is 16.5. The average molecular weight is 331 g/mol. The van der Waals surface area contributed by atoms with Gasteiger partial charge in [0, 0.05) is 24.6 Å². The SMILES string of the molecule is COc1ccc(NC(=O)[C@@H]2CCC[C@@H]2CN)cc1N1CCCC1=O. The molecular weight excluding hydrogens is 306 g/mol. The Morgan fingerprint density at radius 2 is 2.21 bits per heavy atom. The maximum Gasteiger partial charge on any atom is 0.227 e. The number of hydrogen-bond acceptors (Lipinski definition) is 4. The van der Waals surface area contributed by atoms with Gasteiger partial charge in [-0.25, -0.2) is 0 Å². The van der Waals surface area contributed by atoms with Crippen LogP contribution in [0.4, 0.5) is 11.4 Å². The highest BCUT2D eigenvalue weighted by molar-refractivity contribution is 5.99. The van der Waals surface area contributed by atoms with Crippen molar-refractivity contribution in [3.63, 3.8) is 0 Å². The van der Waals surface area contributed by atoms with E-state index in [1.807, 2.05) is 12.1 Å². The first-order valence-electron chi connectivity index (χ1n) is 8.63. The third kappa shape index (κ3) is 3.24. The Balaban J connectivity index is 1.79. The maximum atomic E-state index is 12.6. The van der Waals surface area contributed by atoms with E-state index in [1.165, 1.54) is 0 Å². The topological polar surface area (TPSA) is 84.7 Å². The molecule has 0 aromatic heterocycles. The van der Waals surface area contributed by atoms with Crippen molar-refractivity contribution in [3.8, 4) is 5.75 Å². The Morgan fingerprint density at radius 3 is 2.88 bits per heavy atom. The van der Waals surface area contributed by atoms with Crippen molar-refractivity contribution in [2.45, 2.75) is 32.1 Å². The monoisotopic (exact) mass is 331 g/mol. The molecule has 1 aromatic carbocycles. The summed E-state index contributed by atoms with van der Waals surface area (Å²) in [5.74, 6) is 1.00. The molecule has 0 radical (unpaired) electrons. The highest BCUT2D eigenvalue weighted by Gasteiger charge is 2.32. The summed E-state index contributed by atoms with van der Waals surface area (Å²) < 4.78 is 5.38. The van der Waals surface area contributed by atoms with Crippen molar-refractivity contribution in [3.05, 3.63) is 18.2 Å². The molecule has 130 valence electrons. The van der Waals surface area contributed by atoms with Crippen LogP contribution < -0.4 is 20.7 Å². The number of anilines is 2. The lowest BCUT2D eigenvalue weighted by molar-refractivity contribution is -0.120. The molecule has 24 heavy (non-hydrogen) atoms. The van der Waals surface area contributed by atoms with Gasteiger partial charge in [-0.1, -0.05) is 6.42 Å². The van der Waals surface area contributed by atoms with Crippen molar-refractivity contribution in [1.82, 2.24) is 0 Å².